The van der Waals surface area contributed by atoms with E-state index in [9.17, 15) is 8.42 Å². The molecule has 4 nitrogen and oxygen atoms in total. The Morgan fingerprint density at radius 3 is 2.35 bits per heavy atom. The molecule has 0 saturated carbocycles. The van der Waals surface area contributed by atoms with Crippen molar-refractivity contribution < 1.29 is 8.42 Å². The van der Waals surface area contributed by atoms with E-state index in [0.717, 1.165) is 38.5 Å². The molecule has 0 radical (unpaired) electrons. The van der Waals surface area contributed by atoms with E-state index >= 15 is 0 Å². The maximum absolute atomic E-state index is 12.2. The Balaban J connectivity index is 2.39. The fraction of sp³-hybridized carbons (Fsp3) is 1.00. The Hall–Kier alpha value is 0.160. The first-order chi connectivity index (χ1) is 8.09. The van der Waals surface area contributed by atoms with Gasteiger partial charge in [-0.05, 0) is 25.7 Å². The molecule has 0 aliphatic carbocycles. The van der Waals surface area contributed by atoms with Crippen molar-refractivity contribution in [3.63, 3.8) is 0 Å². The minimum atomic E-state index is -3.22. The highest BCUT2D eigenvalue weighted by molar-refractivity contribution is 7.86. The van der Waals surface area contributed by atoms with E-state index in [-0.39, 0.29) is 0 Å². The van der Waals surface area contributed by atoms with Gasteiger partial charge in [-0.2, -0.15) is 17.0 Å². The van der Waals surface area contributed by atoms with Crippen molar-refractivity contribution in [3.8, 4) is 0 Å². The van der Waals surface area contributed by atoms with Gasteiger partial charge < -0.3 is 0 Å². The van der Waals surface area contributed by atoms with Gasteiger partial charge >= 0.3 is 0 Å². The van der Waals surface area contributed by atoms with Crippen LogP contribution in [0, 0.1) is 0 Å². The minimum absolute atomic E-state index is 0.593. The van der Waals surface area contributed by atoms with Crippen LogP contribution in [0.3, 0.4) is 0 Å². The molecule has 0 bridgehead atoms. The molecule has 6 heteroatoms. The first kappa shape index (κ1) is 15.2. The van der Waals surface area contributed by atoms with Gasteiger partial charge in [0.1, 0.15) is 0 Å². The lowest BCUT2D eigenvalue weighted by molar-refractivity contribution is 0.314. The highest BCUT2D eigenvalue weighted by Crippen LogP contribution is 2.15. The van der Waals surface area contributed by atoms with E-state index in [1.54, 1.807) is 11.4 Å². The van der Waals surface area contributed by atoms with Crippen molar-refractivity contribution in [3.05, 3.63) is 0 Å². The number of halogens is 1. The summed E-state index contributed by atoms with van der Waals surface area (Å²) < 4.78 is 27.4. The molecule has 0 spiro atoms. The molecule has 1 rings (SSSR count). The summed E-state index contributed by atoms with van der Waals surface area (Å²) in [5.74, 6) is 0.655. The normalized spacial score (nSPS) is 18.8. The van der Waals surface area contributed by atoms with Gasteiger partial charge in [-0.15, -0.1) is 11.6 Å². The van der Waals surface area contributed by atoms with Gasteiger partial charge in [0.25, 0.3) is 10.2 Å². The van der Waals surface area contributed by atoms with Crippen LogP contribution in [0.4, 0.5) is 0 Å². The quantitative estimate of drug-likeness (QED) is 0.530. The summed E-state index contributed by atoms with van der Waals surface area (Å²) in [6.07, 6.45) is 5.95. The molecule has 0 aromatic carbocycles. The van der Waals surface area contributed by atoms with E-state index in [2.05, 4.69) is 0 Å². The molecule has 102 valence electrons. The zero-order valence-electron chi connectivity index (χ0n) is 10.6. The zero-order valence-corrected chi connectivity index (χ0v) is 12.1. The Morgan fingerprint density at radius 1 is 1.12 bits per heavy atom. The average Bonchev–Trinajstić information content (AvgIpc) is 2.35. The number of unbranched alkanes of at least 4 members (excludes halogenated alkanes) is 2. The van der Waals surface area contributed by atoms with Crippen LogP contribution in [0.2, 0.25) is 0 Å². The molecule has 0 N–H and O–H groups in total. The van der Waals surface area contributed by atoms with Gasteiger partial charge in [0, 0.05) is 32.6 Å². The minimum Gasteiger partial charge on any atom is -0.195 e. The standard InChI is InChI=1S/C11H23ClN2O2S/c1-13(9-5-2-4-8-12)17(15,16)14-10-6-3-7-11-14/h2-11H2,1H3. The third-order valence-electron chi connectivity index (χ3n) is 3.14. The summed E-state index contributed by atoms with van der Waals surface area (Å²) in [7, 11) is -1.54. The van der Waals surface area contributed by atoms with Gasteiger partial charge in [0.2, 0.25) is 0 Å². The lowest BCUT2D eigenvalue weighted by Gasteiger charge is -2.30. The predicted molar refractivity (Wildman–Crippen MR) is 71.5 cm³/mol. The van der Waals surface area contributed by atoms with E-state index in [1.807, 2.05) is 0 Å². The molecule has 1 fully saturated rings. The maximum Gasteiger partial charge on any atom is 0.281 e. The van der Waals surface area contributed by atoms with Crippen LogP contribution < -0.4 is 0 Å². The molecular formula is C11H23ClN2O2S. The topological polar surface area (TPSA) is 40.6 Å². The third kappa shape index (κ3) is 4.73. The maximum atomic E-state index is 12.2. The van der Waals surface area contributed by atoms with Crippen molar-refractivity contribution in [2.45, 2.75) is 38.5 Å². The molecule has 17 heavy (non-hydrogen) atoms. The predicted octanol–water partition coefficient (Wildman–Crippen LogP) is 2.06. The molecule has 0 amide bonds. The van der Waals surface area contributed by atoms with E-state index in [4.69, 9.17) is 11.6 Å². The van der Waals surface area contributed by atoms with Crippen LogP contribution in [0.15, 0.2) is 0 Å². The lowest BCUT2D eigenvalue weighted by atomic mass is 10.2. The Kier molecular flexibility index (Phi) is 6.77. The monoisotopic (exact) mass is 282 g/mol. The second-order valence-corrected chi connectivity index (χ2v) is 6.95. The second-order valence-electron chi connectivity index (χ2n) is 4.54. The van der Waals surface area contributed by atoms with E-state index in [0.29, 0.717) is 25.5 Å². The molecule has 1 heterocycles. The molecule has 0 aromatic heterocycles. The first-order valence-electron chi connectivity index (χ1n) is 6.36. The van der Waals surface area contributed by atoms with Crippen molar-refractivity contribution >= 4 is 21.8 Å². The summed E-state index contributed by atoms with van der Waals surface area (Å²) in [6.45, 7) is 1.94. The summed E-state index contributed by atoms with van der Waals surface area (Å²) in [5, 5.41) is 0. The average molecular weight is 283 g/mol. The van der Waals surface area contributed by atoms with Crippen LogP contribution in [0.25, 0.3) is 0 Å². The van der Waals surface area contributed by atoms with Crippen LogP contribution in [-0.4, -0.2) is 49.6 Å². The van der Waals surface area contributed by atoms with Crippen molar-refractivity contribution in [2.75, 3.05) is 32.6 Å². The highest BCUT2D eigenvalue weighted by atomic mass is 35.5. The molecule has 1 aliphatic heterocycles. The Labute approximate surface area is 110 Å². The van der Waals surface area contributed by atoms with Crippen molar-refractivity contribution in [2.24, 2.45) is 0 Å². The van der Waals surface area contributed by atoms with Gasteiger partial charge in [-0.1, -0.05) is 12.8 Å². The molecule has 1 saturated heterocycles. The fourth-order valence-corrected chi connectivity index (χ4v) is 3.68. The first-order valence-corrected chi connectivity index (χ1v) is 8.29. The SMILES string of the molecule is CN(CCCCCCl)S(=O)(=O)N1CCCCC1. The second kappa shape index (κ2) is 7.56. The van der Waals surface area contributed by atoms with E-state index in [1.165, 1.54) is 4.31 Å². The third-order valence-corrected chi connectivity index (χ3v) is 5.40. The number of hydrogen-bond donors (Lipinski definition) is 0. The number of rotatable bonds is 7. The summed E-state index contributed by atoms with van der Waals surface area (Å²) in [5.41, 5.74) is 0. The largest absolute Gasteiger partial charge is 0.281 e. The van der Waals surface area contributed by atoms with E-state index < -0.39 is 10.2 Å². The molecule has 0 atom stereocenters. The highest BCUT2D eigenvalue weighted by Gasteiger charge is 2.27. The molecule has 0 aromatic rings. The summed E-state index contributed by atoms with van der Waals surface area (Å²) in [4.78, 5) is 0. The molecular weight excluding hydrogens is 260 g/mol. The van der Waals surface area contributed by atoms with Gasteiger partial charge in [-0.3, -0.25) is 0 Å². The van der Waals surface area contributed by atoms with Crippen LogP contribution in [0.1, 0.15) is 38.5 Å². The number of hydrogen-bond acceptors (Lipinski definition) is 2. The van der Waals surface area contributed by atoms with Crippen molar-refractivity contribution in [1.29, 1.82) is 0 Å². The Bertz CT molecular complexity index is 303. The fourth-order valence-electron chi connectivity index (χ4n) is 2.01. The van der Waals surface area contributed by atoms with Crippen molar-refractivity contribution in [1.82, 2.24) is 8.61 Å². The summed E-state index contributed by atoms with van der Waals surface area (Å²) in [6, 6.07) is 0. The van der Waals surface area contributed by atoms with Gasteiger partial charge in [0.15, 0.2) is 0 Å². The molecule has 1 aliphatic rings. The smallest absolute Gasteiger partial charge is 0.195 e. The number of piperidine rings is 1. The lowest BCUT2D eigenvalue weighted by Crippen LogP contribution is -2.44. The number of alkyl halides is 1. The zero-order chi connectivity index (χ0) is 12.7. The van der Waals surface area contributed by atoms with Gasteiger partial charge in [0.05, 0.1) is 0 Å². The van der Waals surface area contributed by atoms with Crippen LogP contribution in [0.5, 0.6) is 0 Å². The summed E-state index contributed by atoms with van der Waals surface area (Å²) >= 11 is 5.59. The molecule has 0 unspecified atom stereocenters. The van der Waals surface area contributed by atoms with Gasteiger partial charge in [-0.25, -0.2) is 0 Å². The van der Waals surface area contributed by atoms with Crippen LogP contribution in [-0.2, 0) is 10.2 Å². The number of nitrogens with zero attached hydrogens (tertiary/aromatic N) is 2. The van der Waals surface area contributed by atoms with Crippen LogP contribution >= 0.6 is 11.6 Å². The Morgan fingerprint density at radius 2 is 1.76 bits per heavy atom.